The molecule has 108 valence electrons. The highest BCUT2D eigenvalue weighted by Crippen LogP contribution is 2.22. The van der Waals surface area contributed by atoms with Gasteiger partial charge in [-0.1, -0.05) is 32.9 Å². The molecule has 1 aliphatic heterocycles. The van der Waals surface area contributed by atoms with Crippen molar-refractivity contribution in [1.82, 2.24) is 10.6 Å². The lowest BCUT2D eigenvalue weighted by molar-refractivity contribution is -0.124. The van der Waals surface area contributed by atoms with E-state index in [9.17, 15) is 9.59 Å². The van der Waals surface area contributed by atoms with Gasteiger partial charge >= 0.3 is 0 Å². The van der Waals surface area contributed by atoms with Gasteiger partial charge in [0.05, 0.1) is 0 Å². The van der Waals surface area contributed by atoms with Crippen molar-refractivity contribution in [2.45, 2.75) is 45.1 Å². The van der Waals surface area contributed by atoms with E-state index in [4.69, 9.17) is 0 Å². The van der Waals surface area contributed by atoms with E-state index in [0.29, 0.717) is 18.5 Å². The Morgan fingerprint density at radius 1 is 1.25 bits per heavy atom. The third-order valence-corrected chi connectivity index (χ3v) is 3.60. The Kier molecular flexibility index (Phi) is 4.12. The Morgan fingerprint density at radius 2 is 1.90 bits per heavy atom. The molecule has 4 heteroatoms. The van der Waals surface area contributed by atoms with Gasteiger partial charge in [-0.3, -0.25) is 9.59 Å². The standard InChI is InChI=1S/C16H22N2O2/c1-16(2,3)12-8-6-11(7-9-12)14(19)18-13-5-4-10-17-15(13)20/h6-9,13H,4-5,10H2,1-3H3,(H,17,20)(H,18,19). The van der Waals surface area contributed by atoms with Gasteiger partial charge in [0.2, 0.25) is 5.91 Å². The first-order valence-electron chi connectivity index (χ1n) is 7.07. The molecular formula is C16H22N2O2. The molecule has 2 rings (SSSR count). The van der Waals surface area contributed by atoms with Crippen LogP contribution in [0.5, 0.6) is 0 Å². The second-order valence-electron chi connectivity index (χ2n) is 6.29. The molecule has 1 atom stereocenters. The van der Waals surface area contributed by atoms with Gasteiger partial charge < -0.3 is 10.6 Å². The highest BCUT2D eigenvalue weighted by molar-refractivity contribution is 5.97. The van der Waals surface area contributed by atoms with E-state index in [2.05, 4.69) is 31.4 Å². The van der Waals surface area contributed by atoms with Crippen LogP contribution in [0.1, 0.15) is 49.5 Å². The maximum Gasteiger partial charge on any atom is 0.251 e. The molecule has 1 heterocycles. The van der Waals surface area contributed by atoms with Crippen molar-refractivity contribution in [3.05, 3.63) is 35.4 Å². The number of carbonyl (C=O) groups excluding carboxylic acids is 2. The molecule has 1 aromatic rings. The highest BCUT2D eigenvalue weighted by atomic mass is 16.2. The second kappa shape index (κ2) is 5.65. The number of nitrogens with one attached hydrogen (secondary N) is 2. The molecule has 1 fully saturated rings. The number of hydrogen-bond donors (Lipinski definition) is 2. The van der Waals surface area contributed by atoms with E-state index in [-0.39, 0.29) is 17.2 Å². The van der Waals surface area contributed by atoms with Crippen molar-refractivity contribution in [2.24, 2.45) is 0 Å². The molecule has 1 saturated heterocycles. The summed E-state index contributed by atoms with van der Waals surface area (Å²) in [5, 5.41) is 5.56. The van der Waals surface area contributed by atoms with Gasteiger partial charge in [-0.15, -0.1) is 0 Å². The lowest BCUT2D eigenvalue weighted by Gasteiger charge is -2.23. The normalized spacial score (nSPS) is 19.4. The molecule has 2 amide bonds. The highest BCUT2D eigenvalue weighted by Gasteiger charge is 2.24. The number of piperidine rings is 1. The molecule has 2 N–H and O–H groups in total. The van der Waals surface area contributed by atoms with Gasteiger partial charge in [-0.2, -0.15) is 0 Å². The summed E-state index contributed by atoms with van der Waals surface area (Å²) >= 11 is 0. The van der Waals surface area contributed by atoms with Crippen molar-refractivity contribution >= 4 is 11.8 Å². The fourth-order valence-corrected chi connectivity index (χ4v) is 2.27. The zero-order valence-electron chi connectivity index (χ0n) is 12.3. The van der Waals surface area contributed by atoms with E-state index in [1.54, 1.807) is 0 Å². The molecule has 0 bridgehead atoms. The largest absolute Gasteiger partial charge is 0.354 e. The summed E-state index contributed by atoms with van der Waals surface area (Å²) in [5.74, 6) is -0.275. The summed E-state index contributed by atoms with van der Waals surface area (Å²) in [4.78, 5) is 23.7. The van der Waals surface area contributed by atoms with Crippen LogP contribution in [0, 0.1) is 0 Å². The van der Waals surface area contributed by atoms with Gasteiger partial charge in [0.1, 0.15) is 6.04 Å². The number of benzene rings is 1. The van der Waals surface area contributed by atoms with Crippen molar-refractivity contribution in [2.75, 3.05) is 6.54 Å². The van der Waals surface area contributed by atoms with E-state index in [1.165, 1.54) is 5.56 Å². The molecule has 0 saturated carbocycles. The predicted molar refractivity (Wildman–Crippen MR) is 78.6 cm³/mol. The molecule has 0 aromatic heterocycles. The van der Waals surface area contributed by atoms with Crippen LogP contribution >= 0.6 is 0 Å². The van der Waals surface area contributed by atoms with Crippen LogP contribution in [-0.4, -0.2) is 24.4 Å². The first-order chi connectivity index (χ1) is 9.38. The molecule has 20 heavy (non-hydrogen) atoms. The Balaban J connectivity index is 2.04. The minimum atomic E-state index is -0.404. The second-order valence-corrected chi connectivity index (χ2v) is 6.29. The topological polar surface area (TPSA) is 58.2 Å². The first-order valence-corrected chi connectivity index (χ1v) is 7.07. The van der Waals surface area contributed by atoms with E-state index in [1.807, 2.05) is 24.3 Å². The van der Waals surface area contributed by atoms with Gasteiger partial charge in [-0.05, 0) is 36.0 Å². The van der Waals surface area contributed by atoms with Crippen LogP contribution in [0.15, 0.2) is 24.3 Å². The average Bonchev–Trinajstić information content (AvgIpc) is 2.40. The Bertz CT molecular complexity index is 500. The average molecular weight is 274 g/mol. The zero-order chi connectivity index (χ0) is 14.8. The number of hydrogen-bond acceptors (Lipinski definition) is 2. The van der Waals surface area contributed by atoms with Crippen molar-refractivity contribution < 1.29 is 9.59 Å². The molecule has 1 unspecified atom stereocenters. The van der Waals surface area contributed by atoms with E-state index >= 15 is 0 Å². The van der Waals surface area contributed by atoms with Gasteiger partial charge in [0.25, 0.3) is 5.91 Å². The van der Waals surface area contributed by atoms with Crippen LogP contribution in [0.4, 0.5) is 0 Å². The minimum Gasteiger partial charge on any atom is -0.354 e. The maximum absolute atomic E-state index is 12.1. The van der Waals surface area contributed by atoms with Crippen LogP contribution in [-0.2, 0) is 10.2 Å². The molecular weight excluding hydrogens is 252 g/mol. The number of rotatable bonds is 2. The first kappa shape index (κ1) is 14.6. The Labute approximate surface area is 119 Å². The lowest BCUT2D eigenvalue weighted by atomic mass is 9.86. The SMILES string of the molecule is CC(C)(C)c1ccc(C(=O)NC2CCCNC2=O)cc1. The van der Waals surface area contributed by atoms with Crippen LogP contribution < -0.4 is 10.6 Å². The van der Waals surface area contributed by atoms with Crippen molar-refractivity contribution in [3.8, 4) is 0 Å². The zero-order valence-corrected chi connectivity index (χ0v) is 12.3. The van der Waals surface area contributed by atoms with Gasteiger partial charge in [-0.25, -0.2) is 0 Å². The van der Waals surface area contributed by atoms with E-state index < -0.39 is 6.04 Å². The molecule has 1 aromatic carbocycles. The monoisotopic (exact) mass is 274 g/mol. The summed E-state index contributed by atoms with van der Waals surface area (Å²) in [6.45, 7) is 7.10. The smallest absolute Gasteiger partial charge is 0.251 e. The number of amides is 2. The van der Waals surface area contributed by atoms with Crippen molar-refractivity contribution in [3.63, 3.8) is 0 Å². The fourth-order valence-electron chi connectivity index (χ4n) is 2.27. The number of carbonyl (C=O) groups is 2. The van der Waals surface area contributed by atoms with Crippen LogP contribution in [0.2, 0.25) is 0 Å². The molecule has 1 aliphatic rings. The fraction of sp³-hybridized carbons (Fsp3) is 0.500. The van der Waals surface area contributed by atoms with Crippen LogP contribution in [0.3, 0.4) is 0 Å². The molecule has 4 nitrogen and oxygen atoms in total. The Morgan fingerprint density at radius 3 is 2.45 bits per heavy atom. The van der Waals surface area contributed by atoms with Crippen LogP contribution in [0.25, 0.3) is 0 Å². The summed E-state index contributed by atoms with van der Waals surface area (Å²) < 4.78 is 0. The quantitative estimate of drug-likeness (QED) is 0.866. The summed E-state index contributed by atoms with van der Waals surface area (Å²) in [6.07, 6.45) is 1.61. The molecule has 0 spiro atoms. The van der Waals surface area contributed by atoms with E-state index in [0.717, 1.165) is 6.42 Å². The predicted octanol–water partition coefficient (Wildman–Crippen LogP) is 1.99. The summed E-state index contributed by atoms with van der Waals surface area (Å²) in [5.41, 5.74) is 1.85. The third-order valence-electron chi connectivity index (χ3n) is 3.60. The third kappa shape index (κ3) is 3.38. The van der Waals surface area contributed by atoms with Gasteiger partial charge in [0, 0.05) is 12.1 Å². The lowest BCUT2D eigenvalue weighted by Crippen LogP contribution is -2.50. The maximum atomic E-state index is 12.1. The summed E-state index contributed by atoms with van der Waals surface area (Å²) in [6, 6.07) is 7.16. The van der Waals surface area contributed by atoms with Crippen molar-refractivity contribution in [1.29, 1.82) is 0 Å². The Hall–Kier alpha value is -1.84. The molecule has 0 aliphatic carbocycles. The summed E-state index contributed by atoms with van der Waals surface area (Å²) in [7, 11) is 0. The minimum absolute atomic E-state index is 0.0677. The molecule has 0 radical (unpaired) electrons. The van der Waals surface area contributed by atoms with Gasteiger partial charge in [0.15, 0.2) is 0 Å².